The zero-order valence-electron chi connectivity index (χ0n) is 15.4. The van der Waals surface area contributed by atoms with Gasteiger partial charge in [-0.15, -0.1) is 0 Å². The van der Waals surface area contributed by atoms with E-state index < -0.39 is 0 Å². The van der Waals surface area contributed by atoms with E-state index in [1.54, 1.807) is 7.11 Å². The third-order valence-corrected chi connectivity index (χ3v) is 5.66. The molecule has 27 heavy (non-hydrogen) atoms. The van der Waals surface area contributed by atoms with E-state index in [4.69, 9.17) is 10.00 Å². The Morgan fingerprint density at radius 3 is 2.41 bits per heavy atom. The van der Waals surface area contributed by atoms with E-state index in [0.717, 1.165) is 25.2 Å². The Bertz CT molecular complexity index is 844. The van der Waals surface area contributed by atoms with Crippen molar-refractivity contribution in [2.24, 2.45) is 5.92 Å². The first-order valence-corrected chi connectivity index (χ1v) is 9.28. The molecule has 2 aromatic carbocycles. The molecule has 1 amide bonds. The molecule has 0 bridgehead atoms. The second kappa shape index (κ2) is 7.51. The van der Waals surface area contributed by atoms with Crippen LogP contribution in [0.25, 0.3) is 0 Å². The van der Waals surface area contributed by atoms with Crippen LogP contribution in [0.4, 0.5) is 0 Å². The summed E-state index contributed by atoms with van der Waals surface area (Å²) >= 11 is 0. The van der Waals surface area contributed by atoms with Crippen molar-refractivity contribution in [1.82, 2.24) is 9.80 Å². The highest BCUT2D eigenvalue weighted by atomic mass is 16.5. The maximum Gasteiger partial charge on any atom is 0.252 e. The summed E-state index contributed by atoms with van der Waals surface area (Å²) in [6.07, 6.45) is -0.357. The maximum atomic E-state index is 12.8. The lowest BCUT2D eigenvalue weighted by Crippen LogP contribution is -2.38. The predicted octanol–water partition coefficient (Wildman–Crippen LogP) is 2.42. The molecule has 2 fully saturated rings. The van der Waals surface area contributed by atoms with Gasteiger partial charge in [-0.25, -0.2) is 0 Å². The molecule has 0 unspecified atom stereocenters. The average Bonchev–Trinajstić information content (AvgIpc) is 3.20. The summed E-state index contributed by atoms with van der Waals surface area (Å²) in [6, 6.07) is 20.2. The van der Waals surface area contributed by atoms with Gasteiger partial charge in [-0.1, -0.05) is 42.5 Å². The van der Waals surface area contributed by atoms with Gasteiger partial charge in [0.15, 0.2) is 0 Å². The molecule has 138 valence electrons. The lowest BCUT2D eigenvalue weighted by molar-refractivity contribution is -0.138. The first-order chi connectivity index (χ1) is 13.2. The van der Waals surface area contributed by atoms with Crippen molar-refractivity contribution in [3.63, 3.8) is 0 Å². The highest BCUT2D eigenvalue weighted by Gasteiger charge is 2.52. The van der Waals surface area contributed by atoms with Crippen molar-refractivity contribution in [1.29, 1.82) is 5.26 Å². The first kappa shape index (κ1) is 17.7. The average molecular weight is 361 g/mol. The summed E-state index contributed by atoms with van der Waals surface area (Å²) in [5, 5.41) is 8.94. The standard InChI is InChI=1S/C22H23N3O2/c1-27-21-19-14-24(12-18-9-7-16(11-23)8-10-18)15-20(19)25(22(21)26)13-17-5-3-2-4-6-17/h2-10,19-21H,12-15H2,1H3/t19-,20+,21-/m0/s1. The summed E-state index contributed by atoms with van der Waals surface area (Å²) in [4.78, 5) is 17.2. The van der Waals surface area contributed by atoms with Crippen molar-refractivity contribution < 1.29 is 9.53 Å². The third-order valence-electron chi connectivity index (χ3n) is 5.66. The van der Waals surface area contributed by atoms with Crippen LogP contribution in [0, 0.1) is 17.2 Å². The van der Waals surface area contributed by atoms with Crippen LogP contribution in [0.1, 0.15) is 16.7 Å². The van der Waals surface area contributed by atoms with Crippen molar-refractivity contribution in [2.75, 3.05) is 20.2 Å². The number of hydrogen-bond donors (Lipinski definition) is 0. The van der Waals surface area contributed by atoms with Gasteiger partial charge in [0.05, 0.1) is 17.7 Å². The quantitative estimate of drug-likeness (QED) is 0.821. The minimum absolute atomic E-state index is 0.106. The number of amides is 1. The van der Waals surface area contributed by atoms with Crippen LogP contribution in [0.5, 0.6) is 0 Å². The predicted molar refractivity (Wildman–Crippen MR) is 102 cm³/mol. The van der Waals surface area contributed by atoms with E-state index in [2.05, 4.69) is 23.1 Å². The highest BCUT2D eigenvalue weighted by molar-refractivity contribution is 5.84. The van der Waals surface area contributed by atoms with E-state index in [9.17, 15) is 4.79 Å². The van der Waals surface area contributed by atoms with Crippen LogP contribution in [0.15, 0.2) is 54.6 Å². The van der Waals surface area contributed by atoms with Crippen molar-refractivity contribution in [2.45, 2.75) is 25.2 Å². The smallest absolute Gasteiger partial charge is 0.252 e. The number of fused-ring (bicyclic) bond motifs is 1. The molecule has 0 aliphatic carbocycles. The number of ether oxygens (including phenoxy) is 1. The van der Waals surface area contributed by atoms with Gasteiger partial charge < -0.3 is 9.64 Å². The van der Waals surface area contributed by atoms with Crippen LogP contribution in [-0.2, 0) is 22.6 Å². The van der Waals surface area contributed by atoms with Crippen molar-refractivity contribution in [3.8, 4) is 6.07 Å². The number of nitrogens with zero attached hydrogens (tertiary/aromatic N) is 3. The van der Waals surface area contributed by atoms with E-state index in [-0.39, 0.29) is 24.0 Å². The summed E-state index contributed by atoms with van der Waals surface area (Å²) < 4.78 is 5.58. The summed E-state index contributed by atoms with van der Waals surface area (Å²) in [7, 11) is 1.63. The molecule has 5 nitrogen and oxygen atoms in total. The fourth-order valence-electron chi connectivity index (χ4n) is 4.35. The normalized spacial score (nSPS) is 24.8. The molecule has 0 saturated carbocycles. The summed E-state index contributed by atoms with van der Waals surface area (Å²) in [6.45, 7) is 3.15. The molecule has 2 heterocycles. The van der Waals surface area contributed by atoms with Gasteiger partial charge in [-0.2, -0.15) is 5.26 Å². The van der Waals surface area contributed by atoms with Gasteiger partial charge in [0.1, 0.15) is 6.10 Å². The monoisotopic (exact) mass is 361 g/mol. The fraction of sp³-hybridized carbons (Fsp3) is 0.364. The van der Waals surface area contributed by atoms with Gasteiger partial charge in [0, 0.05) is 39.2 Å². The number of hydrogen-bond acceptors (Lipinski definition) is 4. The Hall–Kier alpha value is -2.68. The van der Waals surface area contributed by atoms with E-state index >= 15 is 0 Å². The van der Waals surface area contributed by atoms with Crippen molar-refractivity contribution in [3.05, 3.63) is 71.3 Å². The van der Waals surface area contributed by atoms with Crippen molar-refractivity contribution >= 4 is 5.91 Å². The topological polar surface area (TPSA) is 56.6 Å². The second-order valence-electron chi connectivity index (χ2n) is 7.34. The molecule has 2 aliphatic rings. The largest absolute Gasteiger partial charge is 0.371 e. The third kappa shape index (κ3) is 3.46. The number of nitriles is 1. The zero-order valence-corrected chi connectivity index (χ0v) is 15.4. The highest BCUT2D eigenvalue weighted by Crippen LogP contribution is 2.35. The maximum absolute atomic E-state index is 12.8. The number of carbonyl (C=O) groups is 1. The minimum Gasteiger partial charge on any atom is -0.371 e. The lowest BCUT2D eigenvalue weighted by atomic mass is 10.0. The molecule has 0 aromatic heterocycles. The number of rotatable bonds is 5. The minimum atomic E-state index is -0.357. The number of likely N-dealkylation sites (tertiary alicyclic amines) is 2. The summed E-state index contributed by atoms with van der Waals surface area (Å²) in [5.74, 6) is 0.305. The molecular weight excluding hydrogens is 338 g/mol. The SMILES string of the molecule is CO[C@@H]1C(=O)N(Cc2ccccc2)[C@@H]2CN(Cc3ccc(C#N)cc3)C[C@H]12. The van der Waals surface area contributed by atoms with Gasteiger partial charge in [-0.05, 0) is 23.3 Å². The lowest BCUT2D eigenvalue weighted by Gasteiger charge is -2.25. The van der Waals surface area contributed by atoms with E-state index in [1.165, 1.54) is 5.56 Å². The molecule has 2 aromatic rings. The molecular formula is C22H23N3O2. The van der Waals surface area contributed by atoms with E-state index in [0.29, 0.717) is 12.1 Å². The van der Waals surface area contributed by atoms with E-state index in [1.807, 2.05) is 47.4 Å². The first-order valence-electron chi connectivity index (χ1n) is 9.28. The number of benzene rings is 2. The molecule has 5 heteroatoms. The Balaban J connectivity index is 1.48. The summed E-state index contributed by atoms with van der Waals surface area (Å²) in [5.41, 5.74) is 3.01. The molecule has 3 atom stereocenters. The molecule has 0 radical (unpaired) electrons. The van der Waals surface area contributed by atoms with Gasteiger partial charge in [0.25, 0.3) is 5.91 Å². The van der Waals surface area contributed by atoms with Crippen LogP contribution in [-0.4, -0.2) is 48.1 Å². The van der Waals surface area contributed by atoms with Gasteiger partial charge >= 0.3 is 0 Å². The van der Waals surface area contributed by atoms with Crippen LogP contribution < -0.4 is 0 Å². The second-order valence-corrected chi connectivity index (χ2v) is 7.34. The zero-order chi connectivity index (χ0) is 18.8. The Morgan fingerprint density at radius 2 is 1.74 bits per heavy atom. The van der Waals surface area contributed by atoms with Crippen LogP contribution >= 0.6 is 0 Å². The number of carbonyl (C=O) groups excluding carboxylic acids is 1. The number of methoxy groups -OCH3 is 1. The molecule has 0 N–H and O–H groups in total. The molecule has 2 aliphatic heterocycles. The Labute approximate surface area is 159 Å². The Morgan fingerprint density at radius 1 is 1.04 bits per heavy atom. The Kier molecular flexibility index (Phi) is 4.93. The molecule has 4 rings (SSSR count). The van der Waals surface area contributed by atoms with Crippen LogP contribution in [0.3, 0.4) is 0 Å². The fourth-order valence-corrected chi connectivity index (χ4v) is 4.35. The van der Waals surface area contributed by atoms with Crippen LogP contribution in [0.2, 0.25) is 0 Å². The van der Waals surface area contributed by atoms with Gasteiger partial charge in [-0.3, -0.25) is 9.69 Å². The van der Waals surface area contributed by atoms with Gasteiger partial charge in [0.2, 0.25) is 0 Å². The molecule has 0 spiro atoms. The molecule has 2 saturated heterocycles.